The van der Waals surface area contributed by atoms with Crippen molar-refractivity contribution in [2.45, 2.75) is 62.7 Å². The quantitative estimate of drug-likeness (QED) is 0.784. The molecule has 0 spiro atoms. The molecule has 7 heteroatoms. The van der Waals surface area contributed by atoms with E-state index in [0.29, 0.717) is 19.6 Å². The number of sulfone groups is 1. The number of nitrogens with zero attached hydrogens (tertiary/aromatic N) is 3. The van der Waals surface area contributed by atoms with Gasteiger partial charge in [0.2, 0.25) is 15.0 Å². The molecule has 0 amide bonds. The zero-order valence-electron chi connectivity index (χ0n) is 16.1. The molecule has 1 N–H and O–H groups in total. The number of aliphatic hydroxyl groups excluding tert-OH is 1. The Morgan fingerprint density at radius 1 is 1.26 bits per heavy atom. The van der Waals surface area contributed by atoms with Gasteiger partial charge in [-0.3, -0.25) is 4.90 Å². The van der Waals surface area contributed by atoms with Gasteiger partial charge in [-0.2, -0.15) is 0 Å². The highest BCUT2D eigenvalue weighted by Gasteiger charge is 2.27. The second-order valence-corrected chi connectivity index (χ2v) is 9.94. The molecule has 1 aliphatic heterocycles. The lowest BCUT2D eigenvalue weighted by atomic mass is 10.1. The Kier molecular flexibility index (Phi) is 6.34. The summed E-state index contributed by atoms with van der Waals surface area (Å²) in [6.07, 6.45) is 3.90. The van der Waals surface area contributed by atoms with Crippen LogP contribution < -0.4 is 0 Å². The number of aryl methyl sites for hydroxylation is 1. The minimum atomic E-state index is -3.46. The molecular formula is C20H29N3O3S. The molecule has 3 rings (SSSR count). The third-order valence-electron chi connectivity index (χ3n) is 5.11. The number of hydrogen-bond donors (Lipinski definition) is 1. The Balaban J connectivity index is 1.87. The number of likely N-dealkylation sites (tertiary alicyclic amines) is 1. The number of hydrogen-bond acceptors (Lipinski definition) is 5. The standard InChI is InChI=1S/C20H29N3O3S/c1-16(2)27(25,26)20-21-13-18(14-22-11-6-9-19(24)15-22)23(20)12-10-17-7-4-3-5-8-17/h3-5,7-8,13,16,19,24H,6,9-12,14-15H2,1-2H3/t19-/m1/s1. The predicted molar refractivity (Wildman–Crippen MR) is 105 cm³/mol. The molecule has 1 aliphatic rings. The van der Waals surface area contributed by atoms with Crippen molar-refractivity contribution in [3.8, 4) is 0 Å². The Labute approximate surface area is 161 Å². The molecule has 1 atom stereocenters. The van der Waals surface area contributed by atoms with E-state index in [1.54, 1.807) is 20.0 Å². The van der Waals surface area contributed by atoms with Gasteiger partial charge in [0.1, 0.15) is 0 Å². The Hall–Kier alpha value is -1.70. The highest BCUT2D eigenvalue weighted by molar-refractivity contribution is 7.91. The minimum Gasteiger partial charge on any atom is -0.392 e. The highest BCUT2D eigenvalue weighted by Crippen LogP contribution is 2.20. The van der Waals surface area contributed by atoms with Crippen LogP contribution in [0.25, 0.3) is 0 Å². The van der Waals surface area contributed by atoms with E-state index in [4.69, 9.17) is 0 Å². The Morgan fingerprint density at radius 3 is 2.67 bits per heavy atom. The molecule has 0 saturated carbocycles. The first-order valence-corrected chi connectivity index (χ1v) is 11.1. The van der Waals surface area contributed by atoms with Crippen LogP contribution in [0.1, 0.15) is 37.9 Å². The normalized spacial score (nSPS) is 18.9. The van der Waals surface area contributed by atoms with Gasteiger partial charge in [0, 0.05) is 19.6 Å². The van der Waals surface area contributed by atoms with E-state index in [2.05, 4.69) is 9.88 Å². The summed E-state index contributed by atoms with van der Waals surface area (Å²) >= 11 is 0. The lowest BCUT2D eigenvalue weighted by molar-refractivity contribution is 0.0655. The first-order valence-electron chi connectivity index (χ1n) is 9.60. The molecule has 27 heavy (non-hydrogen) atoms. The zero-order valence-corrected chi connectivity index (χ0v) is 16.9. The molecule has 0 radical (unpaired) electrons. The highest BCUT2D eigenvalue weighted by atomic mass is 32.2. The topological polar surface area (TPSA) is 75.4 Å². The second kappa shape index (κ2) is 8.54. The fourth-order valence-electron chi connectivity index (χ4n) is 3.48. The molecule has 1 saturated heterocycles. The van der Waals surface area contributed by atoms with Crippen molar-refractivity contribution in [2.24, 2.45) is 0 Å². The van der Waals surface area contributed by atoms with Gasteiger partial charge in [-0.15, -0.1) is 0 Å². The molecule has 1 fully saturated rings. The van der Waals surface area contributed by atoms with E-state index < -0.39 is 15.1 Å². The van der Waals surface area contributed by atoms with Gasteiger partial charge in [0.15, 0.2) is 0 Å². The van der Waals surface area contributed by atoms with E-state index in [0.717, 1.165) is 31.5 Å². The van der Waals surface area contributed by atoms with Crippen molar-refractivity contribution in [3.05, 3.63) is 47.8 Å². The Morgan fingerprint density at radius 2 is 2.00 bits per heavy atom. The van der Waals surface area contributed by atoms with E-state index >= 15 is 0 Å². The zero-order chi connectivity index (χ0) is 19.4. The maximum atomic E-state index is 12.8. The smallest absolute Gasteiger partial charge is 0.228 e. The summed E-state index contributed by atoms with van der Waals surface area (Å²) in [7, 11) is -3.46. The molecule has 2 heterocycles. The van der Waals surface area contributed by atoms with Crippen molar-refractivity contribution < 1.29 is 13.5 Å². The fraction of sp³-hybridized carbons (Fsp3) is 0.550. The van der Waals surface area contributed by atoms with Crippen LogP contribution >= 0.6 is 0 Å². The first kappa shape index (κ1) is 20.0. The van der Waals surface area contributed by atoms with Crippen LogP contribution in [0.4, 0.5) is 0 Å². The number of rotatable bonds is 7. The van der Waals surface area contributed by atoms with Gasteiger partial charge in [-0.25, -0.2) is 13.4 Å². The fourth-order valence-corrected chi connectivity index (χ4v) is 4.62. The van der Waals surface area contributed by atoms with Crippen molar-refractivity contribution in [3.63, 3.8) is 0 Å². The summed E-state index contributed by atoms with van der Waals surface area (Å²) in [5.74, 6) is 0. The van der Waals surface area contributed by atoms with Crippen LogP contribution in [0.15, 0.2) is 41.7 Å². The van der Waals surface area contributed by atoms with Gasteiger partial charge >= 0.3 is 0 Å². The molecule has 1 aromatic carbocycles. The maximum Gasteiger partial charge on any atom is 0.228 e. The van der Waals surface area contributed by atoms with Crippen molar-refractivity contribution in [1.29, 1.82) is 0 Å². The van der Waals surface area contributed by atoms with Gasteiger partial charge in [0.25, 0.3) is 0 Å². The number of benzene rings is 1. The van der Waals surface area contributed by atoms with Crippen LogP contribution in [-0.2, 0) is 29.3 Å². The Bertz CT molecular complexity index is 847. The van der Waals surface area contributed by atoms with Crippen LogP contribution in [-0.4, -0.2) is 52.4 Å². The summed E-state index contributed by atoms with van der Waals surface area (Å²) in [6.45, 7) is 6.07. The molecular weight excluding hydrogens is 362 g/mol. The molecule has 0 aliphatic carbocycles. The molecule has 1 aromatic heterocycles. The SMILES string of the molecule is CC(C)S(=O)(=O)c1ncc(CN2CCC[C@@H](O)C2)n1CCc1ccccc1. The lowest BCUT2D eigenvalue weighted by Gasteiger charge is -2.30. The van der Waals surface area contributed by atoms with Crippen LogP contribution in [0.2, 0.25) is 0 Å². The van der Waals surface area contributed by atoms with E-state index in [1.165, 1.54) is 5.56 Å². The largest absolute Gasteiger partial charge is 0.392 e. The van der Waals surface area contributed by atoms with Crippen molar-refractivity contribution in [2.75, 3.05) is 13.1 Å². The molecule has 148 valence electrons. The van der Waals surface area contributed by atoms with E-state index in [1.807, 2.05) is 34.9 Å². The summed E-state index contributed by atoms with van der Waals surface area (Å²) in [6, 6.07) is 10.1. The average Bonchev–Trinajstić information content (AvgIpc) is 3.04. The third-order valence-corrected chi connectivity index (χ3v) is 7.19. The van der Waals surface area contributed by atoms with Gasteiger partial charge in [-0.05, 0) is 45.2 Å². The molecule has 2 aromatic rings. The van der Waals surface area contributed by atoms with Gasteiger partial charge in [0.05, 0.1) is 23.2 Å². The summed E-state index contributed by atoms with van der Waals surface area (Å²) in [5, 5.41) is 9.57. The summed E-state index contributed by atoms with van der Waals surface area (Å²) in [5.41, 5.74) is 2.05. The number of piperidine rings is 1. The van der Waals surface area contributed by atoms with Crippen LogP contribution in [0.3, 0.4) is 0 Å². The second-order valence-electron chi connectivity index (χ2n) is 7.54. The summed E-state index contributed by atoms with van der Waals surface area (Å²) in [4.78, 5) is 6.47. The average molecular weight is 392 g/mol. The van der Waals surface area contributed by atoms with Crippen molar-refractivity contribution >= 4 is 9.84 Å². The molecule has 0 bridgehead atoms. The van der Waals surface area contributed by atoms with Gasteiger partial charge in [-0.1, -0.05) is 30.3 Å². The maximum absolute atomic E-state index is 12.8. The predicted octanol–water partition coefficient (Wildman–Crippen LogP) is 2.26. The first-order chi connectivity index (χ1) is 12.9. The third kappa shape index (κ3) is 4.78. The van der Waals surface area contributed by atoms with Crippen LogP contribution in [0.5, 0.6) is 0 Å². The molecule has 0 unspecified atom stereocenters. The number of aliphatic hydroxyl groups is 1. The van der Waals surface area contributed by atoms with Crippen molar-refractivity contribution in [1.82, 2.24) is 14.5 Å². The van der Waals surface area contributed by atoms with E-state index in [9.17, 15) is 13.5 Å². The summed E-state index contributed by atoms with van der Waals surface area (Å²) < 4.78 is 27.4. The van der Waals surface area contributed by atoms with E-state index in [-0.39, 0.29) is 11.3 Å². The minimum absolute atomic E-state index is 0.154. The monoisotopic (exact) mass is 391 g/mol. The number of imidazole rings is 1. The number of aromatic nitrogens is 2. The lowest BCUT2D eigenvalue weighted by Crippen LogP contribution is -2.38. The van der Waals surface area contributed by atoms with Crippen LogP contribution in [0, 0.1) is 0 Å². The molecule has 6 nitrogen and oxygen atoms in total. The number of β-amino-alcohol motifs (C(OH)–C–C–N with tert-alkyl or cyclic N) is 1. The van der Waals surface area contributed by atoms with Gasteiger partial charge < -0.3 is 9.67 Å².